The zero-order valence-corrected chi connectivity index (χ0v) is 17.5. The van der Waals surface area contributed by atoms with Crippen LogP contribution in [0.4, 0.5) is 0 Å². The van der Waals surface area contributed by atoms with E-state index < -0.39 is 10.1 Å². The maximum atomic E-state index is 12.2. The van der Waals surface area contributed by atoms with Gasteiger partial charge in [-0.3, -0.25) is 4.79 Å². The van der Waals surface area contributed by atoms with Gasteiger partial charge in [-0.15, -0.1) is 0 Å². The molecule has 0 aliphatic rings. The van der Waals surface area contributed by atoms with Crippen LogP contribution in [0.1, 0.15) is 41.7 Å². The van der Waals surface area contributed by atoms with Gasteiger partial charge in [0.15, 0.2) is 5.78 Å². The maximum Gasteiger partial charge on any atom is 0.308 e. The normalized spacial score (nSPS) is 12.0. The predicted octanol–water partition coefficient (Wildman–Crippen LogP) is 4.89. The van der Waals surface area contributed by atoms with Gasteiger partial charge in [-0.1, -0.05) is 43.3 Å². The fourth-order valence-electron chi connectivity index (χ4n) is 2.64. The van der Waals surface area contributed by atoms with E-state index in [0.29, 0.717) is 0 Å². The van der Waals surface area contributed by atoms with Crippen LogP contribution >= 0.6 is 0 Å². The minimum Gasteiger partial charge on any atom is -0.382 e. The van der Waals surface area contributed by atoms with Crippen molar-refractivity contribution < 1.29 is 17.4 Å². The SMILES string of the molecule is CCc1ccc(C=CC(=O)C=Cc2ccc(OS(=O)(=O)CC)cc2C)c(C)c1. The third-order valence-corrected chi connectivity index (χ3v) is 5.57. The van der Waals surface area contributed by atoms with Crippen molar-refractivity contribution in [1.29, 1.82) is 0 Å². The molecular weight excluding hydrogens is 372 g/mol. The summed E-state index contributed by atoms with van der Waals surface area (Å²) in [6, 6.07) is 11.2. The summed E-state index contributed by atoms with van der Waals surface area (Å²) in [4.78, 5) is 12.2. The van der Waals surface area contributed by atoms with Crippen LogP contribution in [0, 0.1) is 13.8 Å². The second kappa shape index (κ2) is 9.51. The third-order valence-electron chi connectivity index (χ3n) is 4.41. The van der Waals surface area contributed by atoms with Crippen molar-refractivity contribution >= 4 is 28.1 Å². The number of hydrogen-bond acceptors (Lipinski definition) is 4. The van der Waals surface area contributed by atoms with Gasteiger partial charge in [-0.05, 0) is 79.3 Å². The number of carbonyl (C=O) groups is 1. The molecule has 0 bridgehead atoms. The van der Waals surface area contributed by atoms with Gasteiger partial charge in [0.25, 0.3) is 0 Å². The Hall–Kier alpha value is -2.66. The molecule has 5 heteroatoms. The van der Waals surface area contributed by atoms with Gasteiger partial charge in [-0.25, -0.2) is 0 Å². The third kappa shape index (κ3) is 6.20. The van der Waals surface area contributed by atoms with Crippen molar-refractivity contribution in [3.63, 3.8) is 0 Å². The van der Waals surface area contributed by atoms with Crippen LogP contribution in [-0.4, -0.2) is 20.0 Å². The highest BCUT2D eigenvalue weighted by Crippen LogP contribution is 2.20. The number of ketones is 1. The summed E-state index contributed by atoms with van der Waals surface area (Å²) in [6.07, 6.45) is 7.57. The van der Waals surface area contributed by atoms with E-state index in [1.807, 2.05) is 26.0 Å². The van der Waals surface area contributed by atoms with Crippen LogP contribution in [0.25, 0.3) is 12.2 Å². The van der Waals surface area contributed by atoms with Crippen LogP contribution < -0.4 is 4.18 Å². The highest BCUT2D eigenvalue weighted by atomic mass is 32.2. The van der Waals surface area contributed by atoms with Gasteiger partial charge in [0.1, 0.15) is 5.75 Å². The van der Waals surface area contributed by atoms with Crippen molar-refractivity contribution in [3.05, 3.63) is 76.4 Å². The van der Waals surface area contributed by atoms with Crippen LogP contribution in [0.2, 0.25) is 0 Å². The first-order valence-corrected chi connectivity index (χ1v) is 10.8. The Morgan fingerprint density at radius 2 is 1.50 bits per heavy atom. The highest BCUT2D eigenvalue weighted by Gasteiger charge is 2.09. The average molecular weight is 399 g/mol. The summed E-state index contributed by atoms with van der Waals surface area (Å²) >= 11 is 0. The minimum absolute atomic E-state index is 0.0881. The number of carbonyl (C=O) groups excluding carboxylic acids is 1. The van der Waals surface area contributed by atoms with Crippen molar-refractivity contribution in [3.8, 4) is 5.75 Å². The first kappa shape index (κ1) is 21.6. The van der Waals surface area contributed by atoms with E-state index in [0.717, 1.165) is 28.7 Å². The van der Waals surface area contributed by atoms with Crippen LogP contribution in [0.3, 0.4) is 0 Å². The van der Waals surface area contributed by atoms with Crippen molar-refractivity contribution in [1.82, 2.24) is 0 Å². The van der Waals surface area contributed by atoms with E-state index in [1.54, 1.807) is 30.4 Å². The molecule has 0 radical (unpaired) electrons. The molecule has 0 atom stereocenters. The standard InChI is InChI=1S/C23H26O4S/c1-5-19-7-8-20(17(3)15-19)9-12-22(24)13-10-21-11-14-23(16-18(21)4)27-28(25,26)6-2/h7-16H,5-6H2,1-4H3. The molecule has 0 saturated carbocycles. The largest absolute Gasteiger partial charge is 0.382 e. The van der Waals surface area contributed by atoms with E-state index in [4.69, 9.17) is 4.18 Å². The van der Waals surface area contributed by atoms with Gasteiger partial charge in [0, 0.05) is 0 Å². The van der Waals surface area contributed by atoms with Gasteiger partial charge in [-0.2, -0.15) is 8.42 Å². The van der Waals surface area contributed by atoms with E-state index in [-0.39, 0.29) is 17.3 Å². The van der Waals surface area contributed by atoms with Gasteiger partial charge in [0.2, 0.25) is 0 Å². The number of allylic oxidation sites excluding steroid dienone is 2. The molecule has 2 rings (SSSR count). The molecule has 0 spiro atoms. The predicted molar refractivity (Wildman–Crippen MR) is 115 cm³/mol. The van der Waals surface area contributed by atoms with E-state index in [1.165, 1.54) is 18.6 Å². The summed E-state index contributed by atoms with van der Waals surface area (Å²) in [5.74, 6) is 0.0656. The molecule has 0 aliphatic heterocycles. The molecule has 0 aliphatic carbocycles. The maximum absolute atomic E-state index is 12.2. The molecule has 28 heavy (non-hydrogen) atoms. The molecule has 0 amide bonds. The van der Waals surface area contributed by atoms with Crippen molar-refractivity contribution in [2.45, 2.75) is 34.1 Å². The Kier molecular flexibility index (Phi) is 7.35. The summed E-state index contributed by atoms with van der Waals surface area (Å²) in [5.41, 5.74) is 5.08. The second-order valence-corrected chi connectivity index (χ2v) is 8.42. The van der Waals surface area contributed by atoms with Crippen LogP contribution in [-0.2, 0) is 21.3 Å². The van der Waals surface area contributed by atoms with E-state index in [9.17, 15) is 13.2 Å². The van der Waals surface area contributed by atoms with Crippen molar-refractivity contribution in [2.24, 2.45) is 0 Å². The monoisotopic (exact) mass is 398 g/mol. The van der Waals surface area contributed by atoms with Gasteiger partial charge in [0.05, 0.1) is 5.75 Å². The summed E-state index contributed by atoms with van der Waals surface area (Å²) < 4.78 is 28.1. The Morgan fingerprint density at radius 3 is 2.00 bits per heavy atom. The molecule has 2 aromatic carbocycles. The number of aryl methyl sites for hydroxylation is 3. The van der Waals surface area contributed by atoms with E-state index in [2.05, 4.69) is 19.1 Å². The summed E-state index contributed by atoms with van der Waals surface area (Å²) in [7, 11) is -3.55. The number of rotatable bonds is 8. The zero-order chi connectivity index (χ0) is 20.7. The van der Waals surface area contributed by atoms with Crippen LogP contribution in [0.5, 0.6) is 5.75 Å². The molecule has 0 unspecified atom stereocenters. The first-order valence-electron chi connectivity index (χ1n) is 9.26. The zero-order valence-electron chi connectivity index (χ0n) is 16.7. The molecule has 0 saturated heterocycles. The molecule has 0 fully saturated rings. The summed E-state index contributed by atoms with van der Waals surface area (Å²) in [5, 5.41) is 0. The fourth-order valence-corrected chi connectivity index (χ4v) is 3.15. The summed E-state index contributed by atoms with van der Waals surface area (Å²) in [6.45, 7) is 7.51. The number of benzene rings is 2. The molecular formula is C23H26O4S. The molecule has 0 aromatic heterocycles. The van der Waals surface area contributed by atoms with Crippen LogP contribution in [0.15, 0.2) is 48.6 Å². The quantitative estimate of drug-likeness (QED) is 0.469. The van der Waals surface area contributed by atoms with Gasteiger partial charge < -0.3 is 4.18 Å². The molecule has 4 nitrogen and oxygen atoms in total. The molecule has 2 aromatic rings. The molecule has 0 heterocycles. The smallest absolute Gasteiger partial charge is 0.308 e. The Morgan fingerprint density at radius 1 is 0.929 bits per heavy atom. The Labute approximate surface area is 167 Å². The molecule has 148 valence electrons. The topological polar surface area (TPSA) is 60.4 Å². The lowest BCUT2D eigenvalue weighted by molar-refractivity contribution is -0.110. The first-order chi connectivity index (χ1) is 13.2. The van der Waals surface area contributed by atoms with E-state index >= 15 is 0 Å². The highest BCUT2D eigenvalue weighted by molar-refractivity contribution is 7.87. The average Bonchev–Trinajstić information content (AvgIpc) is 2.66. The lowest BCUT2D eigenvalue weighted by Gasteiger charge is -2.07. The lowest BCUT2D eigenvalue weighted by Crippen LogP contribution is -2.11. The Balaban J connectivity index is 2.07. The molecule has 0 N–H and O–H groups in total. The Bertz CT molecular complexity index is 1010. The van der Waals surface area contributed by atoms with Gasteiger partial charge >= 0.3 is 10.1 Å². The minimum atomic E-state index is -3.55. The fraction of sp³-hybridized carbons (Fsp3) is 0.261. The second-order valence-electron chi connectivity index (χ2n) is 6.56. The lowest BCUT2D eigenvalue weighted by atomic mass is 10.0. The number of hydrogen-bond donors (Lipinski definition) is 0. The van der Waals surface area contributed by atoms with Crippen molar-refractivity contribution in [2.75, 3.05) is 5.75 Å².